The summed E-state index contributed by atoms with van der Waals surface area (Å²) in [6.07, 6.45) is 9.30. The van der Waals surface area contributed by atoms with E-state index in [2.05, 4.69) is 127 Å². The lowest BCUT2D eigenvalue weighted by molar-refractivity contribution is 0.216. The molecular formula is C33H40N4. The topological polar surface area (TPSA) is 53.3 Å². The molecule has 1 aliphatic heterocycles. The predicted octanol–water partition coefficient (Wildman–Crippen LogP) is 6.20. The van der Waals surface area contributed by atoms with Gasteiger partial charge in [-0.3, -0.25) is 0 Å². The summed E-state index contributed by atoms with van der Waals surface area (Å²) in [6, 6.07) is 29.9. The van der Waals surface area contributed by atoms with Crippen LogP contribution in [0, 0.1) is 11.8 Å². The number of hydrogen-bond acceptors (Lipinski definition) is 4. The minimum Gasteiger partial charge on any atom is -0.377 e. The predicted molar refractivity (Wildman–Crippen MR) is 157 cm³/mol. The first-order chi connectivity index (χ1) is 18.0. The molecule has 0 amide bonds. The first-order valence-electron chi connectivity index (χ1n) is 13.6. The number of benzene rings is 3. The third-order valence-electron chi connectivity index (χ3n) is 7.99. The first kappa shape index (κ1) is 25.3. The molecule has 2 aliphatic rings. The van der Waals surface area contributed by atoms with Crippen LogP contribution >= 0.6 is 0 Å². The molecule has 1 aliphatic carbocycles. The first-order valence-corrected chi connectivity index (χ1v) is 13.6. The summed E-state index contributed by atoms with van der Waals surface area (Å²) in [5, 5.41) is 7.41. The van der Waals surface area contributed by atoms with E-state index >= 15 is 0 Å². The van der Waals surface area contributed by atoms with Crippen LogP contribution in [0.15, 0.2) is 97.1 Å². The van der Waals surface area contributed by atoms with Crippen LogP contribution in [0.4, 0.5) is 5.69 Å². The van der Waals surface area contributed by atoms with Crippen molar-refractivity contribution in [2.24, 2.45) is 17.6 Å². The van der Waals surface area contributed by atoms with Crippen molar-refractivity contribution in [2.45, 2.75) is 31.3 Å². The van der Waals surface area contributed by atoms with Gasteiger partial charge in [0.05, 0.1) is 0 Å². The van der Waals surface area contributed by atoms with E-state index in [1.54, 1.807) is 0 Å². The van der Waals surface area contributed by atoms with Crippen molar-refractivity contribution in [1.29, 1.82) is 0 Å². The van der Waals surface area contributed by atoms with Gasteiger partial charge in [-0.05, 0) is 72.9 Å². The normalized spacial score (nSPS) is 22.8. The van der Waals surface area contributed by atoms with Crippen LogP contribution in [0.2, 0.25) is 0 Å². The van der Waals surface area contributed by atoms with E-state index in [0.29, 0.717) is 11.8 Å². The Morgan fingerprint density at radius 2 is 1.49 bits per heavy atom. The van der Waals surface area contributed by atoms with Gasteiger partial charge in [-0.2, -0.15) is 0 Å². The van der Waals surface area contributed by atoms with E-state index in [-0.39, 0.29) is 0 Å². The maximum atomic E-state index is 7.05. The minimum absolute atomic E-state index is 0.426. The zero-order valence-corrected chi connectivity index (χ0v) is 22.2. The molecule has 4 heteroatoms. The molecule has 5 rings (SSSR count). The van der Waals surface area contributed by atoms with E-state index in [9.17, 15) is 0 Å². The molecule has 4 N–H and O–H groups in total. The largest absolute Gasteiger partial charge is 0.377 e. The molecule has 1 atom stereocenters. The van der Waals surface area contributed by atoms with Crippen LogP contribution in [0.1, 0.15) is 42.4 Å². The molecule has 1 unspecified atom stereocenters. The van der Waals surface area contributed by atoms with Crippen molar-refractivity contribution in [3.63, 3.8) is 0 Å². The molecule has 0 radical (unpaired) electrons. The molecule has 0 aromatic heterocycles. The lowest BCUT2D eigenvalue weighted by atomic mass is 9.74. The second kappa shape index (κ2) is 11.4. The third-order valence-corrected chi connectivity index (χ3v) is 7.99. The minimum atomic E-state index is -0.505. The quantitative estimate of drug-likeness (QED) is 0.328. The highest BCUT2D eigenvalue weighted by Gasteiger charge is 2.39. The summed E-state index contributed by atoms with van der Waals surface area (Å²) in [5.74, 6) is 1.12. The van der Waals surface area contributed by atoms with Crippen molar-refractivity contribution in [1.82, 2.24) is 10.2 Å². The molecule has 37 heavy (non-hydrogen) atoms. The van der Waals surface area contributed by atoms with Gasteiger partial charge in [-0.15, -0.1) is 0 Å². The Morgan fingerprint density at radius 3 is 2.11 bits per heavy atom. The fraction of sp³-hybridized carbons (Fsp3) is 0.333. The standard InChI is InChI=1S/C33H40N4/c1-37(2)32-23-33(34,36-31-16-10-9-15-30(31)32)28-19-17-25(18-20-28)24-35-22-21-29(26-11-5-3-6-12-26)27-13-7-4-8-14-27/h3-16,21,23,25,28,35-36H,17-20,22,24,34H2,1-2H3. The third kappa shape index (κ3) is 5.82. The summed E-state index contributed by atoms with van der Waals surface area (Å²) in [6.45, 7) is 1.92. The number of rotatable bonds is 8. The fourth-order valence-electron chi connectivity index (χ4n) is 5.92. The summed E-state index contributed by atoms with van der Waals surface area (Å²) in [5.41, 5.74) is 13.9. The van der Waals surface area contributed by atoms with Crippen molar-refractivity contribution >= 4 is 17.0 Å². The van der Waals surface area contributed by atoms with E-state index in [1.807, 2.05) is 0 Å². The van der Waals surface area contributed by atoms with E-state index < -0.39 is 5.66 Å². The van der Waals surface area contributed by atoms with Crippen LogP contribution < -0.4 is 16.4 Å². The molecule has 1 heterocycles. The smallest absolute Gasteiger partial charge is 0.110 e. The van der Waals surface area contributed by atoms with Gasteiger partial charge in [0.25, 0.3) is 0 Å². The van der Waals surface area contributed by atoms with Crippen LogP contribution in [0.3, 0.4) is 0 Å². The van der Waals surface area contributed by atoms with Crippen LogP contribution in [-0.2, 0) is 0 Å². The number of nitrogens with two attached hydrogens (primary N) is 1. The monoisotopic (exact) mass is 492 g/mol. The Morgan fingerprint density at radius 1 is 0.892 bits per heavy atom. The van der Waals surface area contributed by atoms with Crippen LogP contribution in [-0.4, -0.2) is 37.7 Å². The maximum Gasteiger partial charge on any atom is 0.110 e. The summed E-state index contributed by atoms with van der Waals surface area (Å²) < 4.78 is 0. The van der Waals surface area contributed by atoms with E-state index in [4.69, 9.17) is 5.73 Å². The lowest BCUT2D eigenvalue weighted by Gasteiger charge is -2.44. The van der Waals surface area contributed by atoms with E-state index in [1.165, 1.54) is 40.8 Å². The number of fused-ring (bicyclic) bond motifs is 1. The summed E-state index contributed by atoms with van der Waals surface area (Å²) >= 11 is 0. The zero-order chi connectivity index (χ0) is 25.7. The van der Waals surface area contributed by atoms with E-state index in [0.717, 1.165) is 31.6 Å². The highest BCUT2D eigenvalue weighted by atomic mass is 15.2. The number of nitrogens with zero attached hydrogens (tertiary/aromatic N) is 1. The maximum absolute atomic E-state index is 7.05. The number of anilines is 1. The van der Waals surface area contributed by atoms with Crippen LogP contribution in [0.25, 0.3) is 11.3 Å². The highest BCUT2D eigenvalue weighted by molar-refractivity contribution is 5.80. The fourth-order valence-corrected chi connectivity index (χ4v) is 5.92. The lowest BCUT2D eigenvalue weighted by Crippen LogP contribution is -2.55. The zero-order valence-electron chi connectivity index (χ0n) is 22.2. The average Bonchev–Trinajstić information content (AvgIpc) is 2.94. The average molecular weight is 493 g/mol. The van der Waals surface area contributed by atoms with Gasteiger partial charge in [-0.25, -0.2) is 0 Å². The Kier molecular flexibility index (Phi) is 7.78. The van der Waals surface area contributed by atoms with Crippen molar-refractivity contribution in [2.75, 3.05) is 32.5 Å². The van der Waals surface area contributed by atoms with Gasteiger partial charge < -0.3 is 21.3 Å². The van der Waals surface area contributed by atoms with Gasteiger partial charge in [0.1, 0.15) is 5.66 Å². The van der Waals surface area contributed by atoms with Gasteiger partial charge in [-0.1, -0.05) is 84.9 Å². The van der Waals surface area contributed by atoms with Gasteiger partial charge in [0.15, 0.2) is 0 Å². The Bertz CT molecular complexity index is 1180. The van der Waals surface area contributed by atoms with Crippen molar-refractivity contribution in [3.05, 3.63) is 114 Å². The van der Waals surface area contributed by atoms with Crippen molar-refractivity contribution < 1.29 is 0 Å². The van der Waals surface area contributed by atoms with Gasteiger partial charge in [0, 0.05) is 37.6 Å². The SMILES string of the molecule is CN(C)C1=CC(N)(C2CCC(CNCC=C(c3ccccc3)c3ccccc3)CC2)Nc2ccccc21. The molecule has 4 nitrogen and oxygen atoms in total. The van der Waals surface area contributed by atoms with Crippen LogP contribution in [0.5, 0.6) is 0 Å². The molecule has 3 aromatic carbocycles. The molecular weight excluding hydrogens is 452 g/mol. The summed E-state index contributed by atoms with van der Waals surface area (Å²) in [7, 11) is 4.21. The Hall–Kier alpha value is -3.34. The highest BCUT2D eigenvalue weighted by Crippen LogP contribution is 2.41. The molecule has 0 bridgehead atoms. The second-order valence-electron chi connectivity index (χ2n) is 10.8. The van der Waals surface area contributed by atoms with Gasteiger partial charge >= 0.3 is 0 Å². The molecule has 0 saturated heterocycles. The molecule has 1 fully saturated rings. The molecule has 1 saturated carbocycles. The number of nitrogens with one attached hydrogen (secondary N) is 2. The molecule has 3 aromatic rings. The Balaban J connectivity index is 1.18. The summed E-state index contributed by atoms with van der Waals surface area (Å²) in [4.78, 5) is 2.18. The van der Waals surface area contributed by atoms with Crippen molar-refractivity contribution in [3.8, 4) is 0 Å². The second-order valence-corrected chi connectivity index (χ2v) is 10.8. The number of hydrogen-bond donors (Lipinski definition) is 3. The number of para-hydroxylation sites is 1. The molecule has 0 spiro atoms. The Labute approximate surface area is 222 Å². The van der Waals surface area contributed by atoms with Gasteiger partial charge in [0.2, 0.25) is 0 Å². The molecule has 192 valence electrons.